The Balaban J connectivity index is 1.62. The predicted octanol–water partition coefficient (Wildman–Crippen LogP) is 9.21. The molecule has 0 aliphatic heterocycles. The lowest BCUT2D eigenvalue weighted by molar-refractivity contribution is -0.127. The first-order valence-corrected chi connectivity index (χ1v) is 15.1. The minimum atomic E-state index is -0.287. The summed E-state index contributed by atoms with van der Waals surface area (Å²) in [6.07, 6.45) is 13.9. The normalized spacial score (nSPS) is 16.5. The fraction of sp³-hybridized carbons (Fsp3) is 0.342. The molecule has 3 aromatic rings. The number of carbonyl (C=O) groups is 2. The number of aryl methyl sites for hydroxylation is 1. The van der Waals surface area contributed by atoms with Crippen LogP contribution in [-0.2, 0) is 11.2 Å². The number of hydrogen-bond donors (Lipinski definition) is 0. The fourth-order valence-electron chi connectivity index (χ4n) is 6.04. The van der Waals surface area contributed by atoms with Gasteiger partial charge >= 0.3 is 0 Å². The molecule has 0 saturated heterocycles. The second-order valence-electron chi connectivity index (χ2n) is 11.4. The van der Waals surface area contributed by atoms with Crippen molar-refractivity contribution in [2.45, 2.75) is 71.1 Å². The molecule has 1 fully saturated rings. The van der Waals surface area contributed by atoms with E-state index < -0.39 is 0 Å². The highest BCUT2D eigenvalue weighted by molar-refractivity contribution is 6.10. The first-order valence-electron chi connectivity index (χ1n) is 15.1. The van der Waals surface area contributed by atoms with Gasteiger partial charge in [-0.2, -0.15) is 0 Å². The molecular formula is C38H40FNO2. The Morgan fingerprint density at radius 3 is 2.67 bits per heavy atom. The van der Waals surface area contributed by atoms with Gasteiger partial charge in [-0.15, -0.1) is 6.42 Å². The third-order valence-corrected chi connectivity index (χ3v) is 8.37. The summed E-state index contributed by atoms with van der Waals surface area (Å²) in [5, 5.41) is 0. The molecule has 2 unspecified atom stereocenters. The van der Waals surface area contributed by atoms with E-state index in [0.29, 0.717) is 65.1 Å². The summed E-state index contributed by atoms with van der Waals surface area (Å²) in [4.78, 5) is 31.7. The zero-order valence-corrected chi connectivity index (χ0v) is 24.6. The maximum Gasteiger partial charge on any atom is 0.190 e. The topological polar surface area (TPSA) is 47.0 Å². The van der Waals surface area contributed by atoms with Crippen LogP contribution in [0.3, 0.4) is 0 Å². The SMILES string of the molecule is C#Cc1ccccc1-c1ccc(C(=O)C(=C)CC2CCCC(=O)C2CCCCC)c(C(=C)CCc2cccc(F)c2)n1. The van der Waals surface area contributed by atoms with Crippen molar-refractivity contribution in [1.82, 2.24) is 4.98 Å². The Morgan fingerprint density at radius 1 is 1.10 bits per heavy atom. The number of aromatic nitrogens is 1. The number of hydrogen-bond acceptors (Lipinski definition) is 3. The van der Waals surface area contributed by atoms with Crippen molar-refractivity contribution in [2.24, 2.45) is 11.8 Å². The molecule has 0 spiro atoms. The van der Waals surface area contributed by atoms with Gasteiger partial charge in [0.15, 0.2) is 5.78 Å². The van der Waals surface area contributed by atoms with Crippen molar-refractivity contribution in [3.05, 3.63) is 108 Å². The van der Waals surface area contributed by atoms with Crippen LogP contribution in [0.1, 0.15) is 91.9 Å². The van der Waals surface area contributed by atoms with Crippen molar-refractivity contribution in [1.29, 1.82) is 0 Å². The number of pyridine rings is 1. The highest BCUT2D eigenvalue weighted by atomic mass is 19.1. The maximum atomic E-state index is 13.9. The second-order valence-corrected chi connectivity index (χ2v) is 11.4. The van der Waals surface area contributed by atoms with Crippen LogP contribution in [0.2, 0.25) is 0 Å². The van der Waals surface area contributed by atoms with Crippen LogP contribution in [-0.4, -0.2) is 16.6 Å². The van der Waals surface area contributed by atoms with Crippen molar-refractivity contribution >= 4 is 17.1 Å². The smallest absolute Gasteiger partial charge is 0.190 e. The van der Waals surface area contributed by atoms with Gasteiger partial charge in [-0.1, -0.05) is 75.6 Å². The number of halogens is 1. The molecule has 1 aromatic heterocycles. The molecule has 1 heterocycles. The molecule has 4 heteroatoms. The number of Topliss-reactive ketones (excluding diaryl/α,β-unsaturated/α-hetero) is 2. The quantitative estimate of drug-likeness (QED) is 0.0904. The zero-order valence-electron chi connectivity index (χ0n) is 24.6. The fourth-order valence-corrected chi connectivity index (χ4v) is 6.04. The second kappa shape index (κ2) is 14.7. The van der Waals surface area contributed by atoms with Gasteiger partial charge in [-0.3, -0.25) is 9.59 Å². The largest absolute Gasteiger partial charge is 0.299 e. The van der Waals surface area contributed by atoms with E-state index in [1.54, 1.807) is 12.1 Å². The molecule has 1 aliphatic carbocycles. The summed E-state index contributed by atoms with van der Waals surface area (Å²) in [5.41, 5.74) is 5.12. The third kappa shape index (κ3) is 7.59. The number of ketones is 2. The molecule has 2 aromatic carbocycles. The first kappa shape index (κ1) is 30.8. The van der Waals surface area contributed by atoms with Crippen molar-refractivity contribution in [3.63, 3.8) is 0 Å². The summed E-state index contributed by atoms with van der Waals surface area (Å²) >= 11 is 0. The van der Waals surface area contributed by atoms with Gasteiger partial charge < -0.3 is 0 Å². The monoisotopic (exact) mass is 561 g/mol. The van der Waals surface area contributed by atoms with Crippen LogP contribution in [0.4, 0.5) is 4.39 Å². The zero-order chi connectivity index (χ0) is 30.1. The molecule has 0 amide bonds. The number of terminal acetylenes is 1. The molecule has 4 rings (SSSR count). The van der Waals surface area contributed by atoms with E-state index in [4.69, 9.17) is 11.4 Å². The Bertz CT molecular complexity index is 1510. The van der Waals surface area contributed by atoms with Gasteiger partial charge in [0.05, 0.1) is 11.4 Å². The lowest BCUT2D eigenvalue weighted by Gasteiger charge is -2.31. The summed E-state index contributed by atoms with van der Waals surface area (Å²) in [7, 11) is 0. The van der Waals surface area contributed by atoms with Crippen LogP contribution < -0.4 is 0 Å². The van der Waals surface area contributed by atoms with Crippen molar-refractivity contribution in [2.75, 3.05) is 0 Å². The van der Waals surface area contributed by atoms with E-state index >= 15 is 0 Å². The standard InChI is InChI=1S/C38H40FNO2/c1-5-7-8-18-33-30(15-12-19-36(33)41)24-27(4)38(42)34-22-23-35(32-17-10-9-14-29(32)6-2)40-37(34)26(3)20-21-28-13-11-16-31(39)25-28/h2,9-11,13-14,16-17,22-23,25,30,33H,3-5,7-8,12,15,18-21,24H2,1H3. The number of carbonyl (C=O) groups excluding carboxylic acids is 2. The minimum absolute atomic E-state index is 0.00341. The van der Waals surface area contributed by atoms with Crippen LogP contribution >= 0.6 is 0 Å². The Labute approximate surface area is 250 Å². The van der Waals surface area contributed by atoms with Crippen LogP contribution in [0.25, 0.3) is 16.8 Å². The number of nitrogens with zero attached hydrogens (tertiary/aromatic N) is 1. The Morgan fingerprint density at radius 2 is 1.90 bits per heavy atom. The lowest BCUT2D eigenvalue weighted by Crippen LogP contribution is -2.29. The van der Waals surface area contributed by atoms with Crippen molar-refractivity contribution in [3.8, 4) is 23.6 Å². The number of allylic oxidation sites excluding steroid dienone is 2. The predicted molar refractivity (Wildman–Crippen MR) is 169 cm³/mol. The van der Waals surface area contributed by atoms with Crippen LogP contribution in [0.15, 0.2) is 79.4 Å². The molecule has 0 bridgehead atoms. The average molecular weight is 562 g/mol. The minimum Gasteiger partial charge on any atom is -0.299 e. The van der Waals surface area contributed by atoms with Gasteiger partial charge in [0, 0.05) is 29.0 Å². The van der Waals surface area contributed by atoms with Gasteiger partial charge in [0.2, 0.25) is 0 Å². The molecule has 2 atom stereocenters. The highest BCUT2D eigenvalue weighted by Crippen LogP contribution is 2.36. The van der Waals surface area contributed by atoms with Crippen LogP contribution in [0, 0.1) is 30.0 Å². The van der Waals surface area contributed by atoms with Gasteiger partial charge in [0.25, 0.3) is 0 Å². The van der Waals surface area contributed by atoms with E-state index in [1.165, 1.54) is 12.1 Å². The number of unbranched alkanes of at least 4 members (excludes halogenated alkanes) is 2. The molecule has 216 valence electrons. The molecule has 3 nitrogen and oxygen atoms in total. The summed E-state index contributed by atoms with van der Waals surface area (Å²) in [6, 6.07) is 17.7. The van der Waals surface area contributed by atoms with E-state index in [-0.39, 0.29) is 23.4 Å². The number of benzene rings is 2. The third-order valence-electron chi connectivity index (χ3n) is 8.37. The van der Waals surface area contributed by atoms with E-state index in [9.17, 15) is 14.0 Å². The molecular weight excluding hydrogens is 521 g/mol. The lowest BCUT2D eigenvalue weighted by atomic mass is 9.72. The molecule has 0 N–H and O–H groups in total. The van der Waals surface area contributed by atoms with Gasteiger partial charge in [0.1, 0.15) is 11.6 Å². The summed E-state index contributed by atoms with van der Waals surface area (Å²) < 4.78 is 13.8. The first-order chi connectivity index (χ1) is 20.3. The highest BCUT2D eigenvalue weighted by Gasteiger charge is 2.33. The van der Waals surface area contributed by atoms with Crippen molar-refractivity contribution < 1.29 is 14.0 Å². The van der Waals surface area contributed by atoms with E-state index in [2.05, 4.69) is 26.0 Å². The summed E-state index contributed by atoms with van der Waals surface area (Å²) in [6.45, 7) is 10.7. The van der Waals surface area contributed by atoms with E-state index in [1.807, 2.05) is 36.4 Å². The molecule has 42 heavy (non-hydrogen) atoms. The average Bonchev–Trinajstić information content (AvgIpc) is 3.00. The molecule has 1 saturated carbocycles. The van der Waals surface area contributed by atoms with Gasteiger partial charge in [-0.05, 0) is 91.5 Å². The molecule has 0 radical (unpaired) electrons. The Hall–Kier alpha value is -4.10. The number of rotatable bonds is 13. The van der Waals surface area contributed by atoms with Crippen LogP contribution in [0.5, 0.6) is 0 Å². The Kier molecular flexibility index (Phi) is 10.8. The molecule has 1 aliphatic rings. The van der Waals surface area contributed by atoms with E-state index in [0.717, 1.165) is 49.7 Å². The maximum absolute atomic E-state index is 13.9. The summed E-state index contributed by atoms with van der Waals surface area (Å²) in [5.74, 6) is 2.71. The van der Waals surface area contributed by atoms with Gasteiger partial charge in [-0.25, -0.2) is 9.37 Å².